The van der Waals surface area contributed by atoms with Gasteiger partial charge >= 0.3 is 0 Å². The van der Waals surface area contributed by atoms with Crippen molar-refractivity contribution in [2.45, 2.75) is 53.1 Å². The Balaban J connectivity index is 2.50. The Kier molecular flexibility index (Phi) is 6.09. The van der Waals surface area contributed by atoms with Crippen LogP contribution in [-0.4, -0.2) is 61.7 Å². The van der Waals surface area contributed by atoms with Gasteiger partial charge in [0.05, 0.1) is 0 Å². The SMILES string of the molecule is CCC(C)(CNC(C)C)CN1CCN(C)CC1C. The second-order valence-electron chi connectivity index (χ2n) is 6.78. The molecule has 3 heteroatoms. The smallest absolute Gasteiger partial charge is 0.0195 e. The molecule has 0 radical (unpaired) electrons. The molecule has 0 aromatic rings. The molecule has 3 nitrogen and oxygen atoms in total. The molecule has 2 unspecified atom stereocenters. The molecule has 1 saturated heterocycles. The van der Waals surface area contributed by atoms with Gasteiger partial charge in [0.2, 0.25) is 0 Å². The minimum Gasteiger partial charge on any atom is -0.314 e. The van der Waals surface area contributed by atoms with Crippen LogP contribution in [0.1, 0.15) is 41.0 Å². The third kappa shape index (κ3) is 4.87. The minimum atomic E-state index is 0.397. The molecule has 1 N–H and O–H groups in total. The topological polar surface area (TPSA) is 18.5 Å². The normalized spacial score (nSPS) is 26.5. The fourth-order valence-corrected chi connectivity index (χ4v) is 2.65. The number of piperazine rings is 1. The zero-order valence-corrected chi connectivity index (χ0v) is 13.3. The molecule has 2 atom stereocenters. The third-order valence-electron chi connectivity index (χ3n) is 4.34. The summed E-state index contributed by atoms with van der Waals surface area (Å²) >= 11 is 0. The van der Waals surface area contributed by atoms with Gasteiger partial charge in [-0.15, -0.1) is 0 Å². The van der Waals surface area contributed by atoms with E-state index in [1.807, 2.05) is 0 Å². The number of rotatable bonds is 6. The molecule has 1 aliphatic rings. The molecule has 108 valence electrons. The van der Waals surface area contributed by atoms with E-state index in [9.17, 15) is 0 Å². The second kappa shape index (κ2) is 6.88. The number of hydrogen-bond donors (Lipinski definition) is 1. The van der Waals surface area contributed by atoms with Crippen molar-refractivity contribution in [3.8, 4) is 0 Å². The van der Waals surface area contributed by atoms with E-state index >= 15 is 0 Å². The molecule has 1 aliphatic heterocycles. The van der Waals surface area contributed by atoms with Crippen LogP contribution >= 0.6 is 0 Å². The quantitative estimate of drug-likeness (QED) is 0.783. The molecule has 0 bridgehead atoms. The van der Waals surface area contributed by atoms with E-state index in [0.29, 0.717) is 17.5 Å². The summed E-state index contributed by atoms with van der Waals surface area (Å²) in [5, 5.41) is 3.61. The highest BCUT2D eigenvalue weighted by Gasteiger charge is 2.29. The standard InChI is InChI=1S/C15H33N3/c1-7-15(5,11-16-13(2)3)12-18-9-8-17(6)10-14(18)4/h13-14,16H,7-12H2,1-6H3. The Morgan fingerprint density at radius 2 is 2.00 bits per heavy atom. The maximum absolute atomic E-state index is 3.61. The average Bonchev–Trinajstić information content (AvgIpc) is 2.30. The van der Waals surface area contributed by atoms with Crippen LogP contribution in [0.15, 0.2) is 0 Å². The van der Waals surface area contributed by atoms with Crippen LogP contribution in [0.3, 0.4) is 0 Å². The predicted molar refractivity (Wildman–Crippen MR) is 80.1 cm³/mol. The summed E-state index contributed by atoms with van der Waals surface area (Å²) in [7, 11) is 2.23. The van der Waals surface area contributed by atoms with E-state index in [4.69, 9.17) is 0 Å². The highest BCUT2D eigenvalue weighted by atomic mass is 15.3. The summed E-state index contributed by atoms with van der Waals surface area (Å²) in [5.74, 6) is 0. The Morgan fingerprint density at radius 1 is 1.33 bits per heavy atom. The van der Waals surface area contributed by atoms with Crippen molar-refractivity contribution < 1.29 is 0 Å². The molecular weight excluding hydrogens is 222 g/mol. The van der Waals surface area contributed by atoms with Crippen molar-refractivity contribution in [1.29, 1.82) is 0 Å². The summed E-state index contributed by atoms with van der Waals surface area (Å²) in [5.41, 5.74) is 0.397. The maximum Gasteiger partial charge on any atom is 0.0195 e. The first-order valence-corrected chi connectivity index (χ1v) is 7.52. The molecule has 1 fully saturated rings. The van der Waals surface area contributed by atoms with Crippen molar-refractivity contribution in [3.05, 3.63) is 0 Å². The van der Waals surface area contributed by atoms with Gasteiger partial charge in [0.1, 0.15) is 0 Å². The van der Waals surface area contributed by atoms with Crippen LogP contribution < -0.4 is 5.32 Å². The van der Waals surface area contributed by atoms with Crippen molar-refractivity contribution in [1.82, 2.24) is 15.1 Å². The summed E-state index contributed by atoms with van der Waals surface area (Å²) < 4.78 is 0. The lowest BCUT2D eigenvalue weighted by Crippen LogP contribution is -2.54. The Bertz CT molecular complexity index is 242. The summed E-state index contributed by atoms with van der Waals surface area (Å²) in [6.45, 7) is 17.5. The number of hydrogen-bond acceptors (Lipinski definition) is 3. The van der Waals surface area contributed by atoms with Crippen molar-refractivity contribution in [2.75, 3.05) is 39.8 Å². The van der Waals surface area contributed by atoms with E-state index in [-0.39, 0.29) is 0 Å². The lowest BCUT2D eigenvalue weighted by Gasteiger charge is -2.43. The summed E-state index contributed by atoms with van der Waals surface area (Å²) in [4.78, 5) is 5.11. The van der Waals surface area contributed by atoms with E-state index in [1.165, 1.54) is 32.6 Å². The van der Waals surface area contributed by atoms with Gasteiger partial charge in [-0.05, 0) is 25.8 Å². The Labute approximate surface area is 114 Å². The predicted octanol–water partition coefficient (Wildman–Crippen LogP) is 2.04. The van der Waals surface area contributed by atoms with Crippen LogP contribution in [0.5, 0.6) is 0 Å². The molecule has 0 aromatic heterocycles. The van der Waals surface area contributed by atoms with E-state index in [2.05, 4.69) is 56.8 Å². The van der Waals surface area contributed by atoms with Gasteiger partial charge in [-0.25, -0.2) is 0 Å². The monoisotopic (exact) mass is 255 g/mol. The molecule has 0 amide bonds. The molecule has 0 aliphatic carbocycles. The van der Waals surface area contributed by atoms with Gasteiger partial charge in [-0.1, -0.05) is 27.7 Å². The van der Waals surface area contributed by atoms with E-state index in [0.717, 1.165) is 6.54 Å². The zero-order valence-electron chi connectivity index (χ0n) is 13.3. The first-order chi connectivity index (χ1) is 8.36. The van der Waals surface area contributed by atoms with E-state index in [1.54, 1.807) is 0 Å². The van der Waals surface area contributed by atoms with Gasteiger partial charge in [-0.3, -0.25) is 4.90 Å². The summed E-state index contributed by atoms with van der Waals surface area (Å²) in [6, 6.07) is 1.27. The molecule has 1 rings (SSSR count). The van der Waals surface area contributed by atoms with Crippen LogP contribution in [0.25, 0.3) is 0 Å². The Morgan fingerprint density at radius 3 is 2.50 bits per heavy atom. The lowest BCUT2D eigenvalue weighted by atomic mass is 9.86. The summed E-state index contributed by atoms with van der Waals surface area (Å²) in [6.07, 6.45) is 1.24. The number of likely N-dealkylation sites (N-methyl/N-ethyl adjacent to an activating group) is 1. The van der Waals surface area contributed by atoms with Crippen LogP contribution in [0, 0.1) is 5.41 Å². The largest absolute Gasteiger partial charge is 0.314 e. The molecule has 0 saturated carbocycles. The number of nitrogens with zero attached hydrogens (tertiary/aromatic N) is 2. The maximum atomic E-state index is 3.61. The Hall–Kier alpha value is -0.120. The van der Waals surface area contributed by atoms with Crippen LogP contribution in [-0.2, 0) is 0 Å². The molecular formula is C15H33N3. The van der Waals surface area contributed by atoms with Crippen molar-refractivity contribution in [3.63, 3.8) is 0 Å². The van der Waals surface area contributed by atoms with Gasteiger partial charge in [0.25, 0.3) is 0 Å². The zero-order chi connectivity index (χ0) is 13.8. The van der Waals surface area contributed by atoms with Gasteiger partial charge < -0.3 is 10.2 Å². The van der Waals surface area contributed by atoms with Gasteiger partial charge in [0, 0.05) is 44.8 Å². The van der Waals surface area contributed by atoms with Gasteiger partial charge in [0.15, 0.2) is 0 Å². The van der Waals surface area contributed by atoms with E-state index < -0.39 is 0 Å². The number of nitrogens with one attached hydrogen (secondary N) is 1. The van der Waals surface area contributed by atoms with Crippen molar-refractivity contribution in [2.24, 2.45) is 5.41 Å². The average molecular weight is 255 g/mol. The van der Waals surface area contributed by atoms with Crippen LogP contribution in [0.2, 0.25) is 0 Å². The first-order valence-electron chi connectivity index (χ1n) is 7.52. The van der Waals surface area contributed by atoms with Crippen molar-refractivity contribution >= 4 is 0 Å². The van der Waals surface area contributed by atoms with Gasteiger partial charge in [-0.2, -0.15) is 0 Å². The molecule has 0 aromatic carbocycles. The highest BCUT2D eigenvalue weighted by Crippen LogP contribution is 2.24. The fourth-order valence-electron chi connectivity index (χ4n) is 2.65. The molecule has 0 spiro atoms. The first kappa shape index (κ1) is 15.9. The highest BCUT2D eigenvalue weighted by molar-refractivity contribution is 4.85. The fraction of sp³-hybridized carbons (Fsp3) is 1.00. The second-order valence-corrected chi connectivity index (χ2v) is 6.78. The van der Waals surface area contributed by atoms with Crippen LogP contribution in [0.4, 0.5) is 0 Å². The third-order valence-corrected chi connectivity index (χ3v) is 4.34. The molecule has 1 heterocycles. The minimum absolute atomic E-state index is 0.397. The lowest BCUT2D eigenvalue weighted by molar-refractivity contribution is 0.0573. The molecule has 18 heavy (non-hydrogen) atoms.